The van der Waals surface area contributed by atoms with Crippen LogP contribution >= 0.6 is 12.4 Å². The number of carbonyl (C=O) groups excluding carboxylic acids is 1. The molecule has 7 heteroatoms. The highest BCUT2D eigenvalue weighted by molar-refractivity contribution is 7.90. The van der Waals surface area contributed by atoms with Crippen LogP contribution in [0.25, 0.3) is 0 Å². The number of hydrogen-bond acceptors (Lipinski definition) is 5. The van der Waals surface area contributed by atoms with Crippen molar-refractivity contribution in [1.82, 2.24) is 0 Å². The summed E-state index contributed by atoms with van der Waals surface area (Å²) in [5.74, 6) is -0.563. The maximum atomic E-state index is 11.2. The Morgan fingerprint density at radius 1 is 1.29 bits per heavy atom. The van der Waals surface area contributed by atoms with Gasteiger partial charge in [-0.05, 0) is 17.7 Å². The molecule has 0 aromatic heterocycles. The van der Waals surface area contributed by atoms with Gasteiger partial charge in [0.2, 0.25) is 0 Å². The summed E-state index contributed by atoms with van der Waals surface area (Å²) in [6, 6.07) is 4.93. The van der Waals surface area contributed by atoms with E-state index in [0.29, 0.717) is 5.56 Å². The fourth-order valence-corrected chi connectivity index (χ4v) is 1.82. The topological polar surface area (TPSA) is 86.5 Å². The van der Waals surface area contributed by atoms with Crippen molar-refractivity contribution < 1.29 is 17.9 Å². The van der Waals surface area contributed by atoms with E-state index in [1.54, 1.807) is 0 Å². The molecule has 96 valence electrons. The number of carbonyl (C=O) groups is 1. The number of sulfone groups is 1. The fourth-order valence-electron chi connectivity index (χ4n) is 1.19. The number of rotatable bonds is 3. The van der Waals surface area contributed by atoms with E-state index in [4.69, 9.17) is 5.73 Å². The van der Waals surface area contributed by atoms with Crippen molar-refractivity contribution in [2.75, 3.05) is 13.4 Å². The third-order valence-corrected chi connectivity index (χ3v) is 3.25. The highest BCUT2D eigenvalue weighted by atomic mass is 35.5. The highest BCUT2D eigenvalue weighted by Crippen LogP contribution is 2.15. The second-order valence-corrected chi connectivity index (χ2v) is 5.36. The molecule has 0 unspecified atom stereocenters. The summed E-state index contributed by atoms with van der Waals surface area (Å²) in [7, 11) is -1.98. The molecule has 0 fully saturated rings. The molecule has 17 heavy (non-hydrogen) atoms. The van der Waals surface area contributed by atoms with Crippen LogP contribution in [0.15, 0.2) is 29.2 Å². The lowest BCUT2D eigenvalue weighted by Crippen LogP contribution is -2.22. The zero-order chi connectivity index (χ0) is 12.3. The van der Waals surface area contributed by atoms with Gasteiger partial charge in [0.15, 0.2) is 9.84 Å². The van der Waals surface area contributed by atoms with Crippen molar-refractivity contribution >= 4 is 28.2 Å². The summed E-state index contributed by atoms with van der Waals surface area (Å²) in [6.45, 7) is 0. The molecule has 0 bridgehead atoms. The van der Waals surface area contributed by atoms with Crippen LogP contribution < -0.4 is 5.73 Å². The number of halogens is 1. The van der Waals surface area contributed by atoms with Gasteiger partial charge in [0.25, 0.3) is 0 Å². The lowest BCUT2D eigenvalue weighted by molar-refractivity contribution is -0.142. The largest absolute Gasteiger partial charge is 0.468 e. The van der Waals surface area contributed by atoms with Crippen LogP contribution in [0.1, 0.15) is 11.6 Å². The van der Waals surface area contributed by atoms with E-state index < -0.39 is 21.8 Å². The van der Waals surface area contributed by atoms with Gasteiger partial charge in [0.1, 0.15) is 6.04 Å². The van der Waals surface area contributed by atoms with Crippen LogP contribution in [-0.2, 0) is 19.4 Å². The predicted molar refractivity (Wildman–Crippen MR) is 65.7 cm³/mol. The summed E-state index contributed by atoms with van der Waals surface area (Å²) in [6.07, 6.45) is 1.11. The maximum absolute atomic E-state index is 11.2. The number of nitrogens with two attached hydrogens (primary N) is 1. The Morgan fingerprint density at radius 3 is 2.12 bits per heavy atom. The van der Waals surface area contributed by atoms with E-state index in [2.05, 4.69) is 4.74 Å². The average molecular weight is 280 g/mol. The first-order valence-electron chi connectivity index (χ1n) is 4.49. The Labute approximate surface area is 106 Å². The molecular formula is C10H14ClNO4S. The molecule has 0 heterocycles. The number of ether oxygens (including phenoxy) is 1. The van der Waals surface area contributed by atoms with Crippen LogP contribution in [0.5, 0.6) is 0 Å². The van der Waals surface area contributed by atoms with Crippen molar-refractivity contribution in [3.05, 3.63) is 29.8 Å². The van der Waals surface area contributed by atoms with Crippen LogP contribution in [0.4, 0.5) is 0 Å². The Morgan fingerprint density at radius 2 is 1.76 bits per heavy atom. The Bertz CT molecular complexity index is 484. The van der Waals surface area contributed by atoms with Gasteiger partial charge >= 0.3 is 5.97 Å². The highest BCUT2D eigenvalue weighted by Gasteiger charge is 2.16. The molecule has 0 saturated carbocycles. The normalized spacial score (nSPS) is 12.4. The van der Waals surface area contributed by atoms with Gasteiger partial charge in [-0.15, -0.1) is 12.4 Å². The SMILES string of the molecule is COC(=O)[C@H](N)c1ccc(S(C)(=O)=O)cc1.Cl. The molecule has 1 rings (SSSR count). The lowest BCUT2D eigenvalue weighted by atomic mass is 10.1. The summed E-state index contributed by atoms with van der Waals surface area (Å²) < 4.78 is 26.8. The Hall–Kier alpha value is -1.11. The molecule has 0 spiro atoms. The van der Waals surface area contributed by atoms with Gasteiger partial charge in [-0.3, -0.25) is 4.79 Å². The van der Waals surface area contributed by atoms with Crippen molar-refractivity contribution in [1.29, 1.82) is 0 Å². The van der Waals surface area contributed by atoms with Crippen LogP contribution in [0, 0.1) is 0 Å². The molecule has 0 aliphatic heterocycles. The zero-order valence-electron chi connectivity index (χ0n) is 9.41. The fraction of sp³-hybridized carbons (Fsp3) is 0.300. The van der Waals surface area contributed by atoms with E-state index in [0.717, 1.165) is 6.26 Å². The average Bonchev–Trinajstić information content (AvgIpc) is 2.26. The zero-order valence-corrected chi connectivity index (χ0v) is 11.0. The van der Waals surface area contributed by atoms with Gasteiger partial charge in [0, 0.05) is 6.26 Å². The summed E-state index contributed by atoms with van der Waals surface area (Å²) >= 11 is 0. The molecule has 0 saturated heterocycles. The lowest BCUT2D eigenvalue weighted by Gasteiger charge is -2.09. The molecule has 5 nitrogen and oxygen atoms in total. The molecule has 0 amide bonds. The number of esters is 1. The predicted octanol–water partition coefficient (Wildman–Crippen LogP) is 0.685. The first-order chi connectivity index (χ1) is 7.36. The molecule has 0 aliphatic carbocycles. The molecule has 1 aromatic rings. The molecule has 1 atom stereocenters. The van der Waals surface area contributed by atoms with E-state index in [1.807, 2.05) is 0 Å². The second-order valence-electron chi connectivity index (χ2n) is 3.34. The van der Waals surface area contributed by atoms with Gasteiger partial charge < -0.3 is 10.5 Å². The molecule has 0 aliphatic rings. The van der Waals surface area contributed by atoms with E-state index in [1.165, 1.54) is 31.4 Å². The van der Waals surface area contributed by atoms with E-state index in [-0.39, 0.29) is 17.3 Å². The minimum Gasteiger partial charge on any atom is -0.468 e. The molecular weight excluding hydrogens is 266 g/mol. The smallest absolute Gasteiger partial charge is 0.327 e. The summed E-state index contributed by atoms with van der Waals surface area (Å²) in [4.78, 5) is 11.3. The molecule has 1 aromatic carbocycles. The van der Waals surface area contributed by atoms with Crippen LogP contribution in [0.2, 0.25) is 0 Å². The van der Waals surface area contributed by atoms with E-state index >= 15 is 0 Å². The van der Waals surface area contributed by atoms with Crippen LogP contribution in [-0.4, -0.2) is 27.8 Å². The van der Waals surface area contributed by atoms with E-state index in [9.17, 15) is 13.2 Å². The van der Waals surface area contributed by atoms with Gasteiger partial charge in [-0.1, -0.05) is 12.1 Å². The van der Waals surface area contributed by atoms with Crippen molar-refractivity contribution in [2.45, 2.75) is 10.9 Å². The Balaban J connectivity index is 0.00000256. The monoisotopic (exact) mass is 279 g/mol. The third kappa shape index (κ3) is 3.99. The van der Waals surface area contributed by atoms with Gasteiger partial charge in [-0.25, -0.2) is 8.42 Å². The number of methoxy groups -OCH3 is 1. The molecule has 0 radical (unpaired) electrons. The first kappa shape index (κ1) is 15.9. The van der Waals surface area contributed by atoms with Gasteiger partial charge in [-0.2, -0.15) is 0 Å². The Kier molecular flexibility index (Phi) is 5.60. The second kappa shape index (κ2) is 6.00. The van der Waals surface area contributed by atoms with Crippen LogP contribution in [0.3, 0.4) is 0 Å². The summed E-state index contributed by atoms with van der Waals surface area (Å²) in [5, 5.41) is 0. The summed E-state index contributed by atoms with van der Waals surface area (Å²) in [5.41, 5.74) is 6.10. The van der Waals surface area contributed by atoms with Crippen molar-refractivity contribution in [2.24, 2.45) is 5.73 Å². The minimum atomic E-state index is -3.23. The third-order valence-electron chi connectivity index (χ3n) is 2.12. The standard InChI is InChI=1S/C10H13NO4S.ClH/c1-15-10(12)9(11)7-3-5-8(6-4-7)16(2,13)14;/h3-6,9H,11H2,1-2H3;1H/t9-;/m1./s1. The number of hydrogen-bond donors (Lipinski definition) is 1. The minimum absolute atomic E-state index is 0. The maximum Gasteiger partial charge on any atom is 0.327 e. The first-order valence-corrected chi connectivity index (χ1v) is 6.39. The number of benzene rings is 1. The quantitative estimate of drug-likeness (QED) is 0.823. The van der Waals surface area contributed by atoms with Gasteiger partial charge in [0.05, 0.1) is 12.0 Å². The van der Waals surface area contributed by atoms with Crippen molar-refractivity contribution in [3.8, 4) is 0 Å². The molecule has 2 N–H and O–H groups in total. The van der Waals surface area contributed by atoms with Crippen molar-refractivity contribution in [3.63, 3.8) is 0 Å².